The van der Waals surface area contributed by atoms with Crippen LogP contribution in [0.15, 0.2) is 24.5 Å². The molecule has 0 radical (unpaired) electrons. The molecule has 2 unspecified atom stereocenters. The zero-order valence-electron chi connectivity index (χ0n) is 19.9. The quantitative estimate of drug-likeness (QED) is 0.484. The number of amides is 1. The largest absolute Gasteiger partial charge is 0.377 e. The van der Waals surface area contributed by atoms with Crippen molar-refractivity contribution in [1.82, 2.24) is 25.2 Å². The van der Waals surface area contributed by atoms with Crippen LogP contribution in [0.1, 0.15) is 48.1 Å². The SMILES string of the molecule is COC1CN(C=O)C1c1sc2cnc(Nc3ccc(N4CCNCC4)cn3)nc2c1C1CCCC1. The summed E-state index contributed by atoms with van der Waals surface area (Å²) >= 11 is 1.71. The molecular formula is C25H31N7O2S. The molecule has 0 bridgehead atoms. The number of carbonyl (C=O) groups excluding carboxylic acids is 1. The summed E-state index contributed by atoms with van der Waals surface area (Å²) in [5, 5.41) is 6.68. The van der Waals surface area contributed by atoms with Crippen molar-refractivity contribution in [2.45, 2.75) is 43.7 Å². The highest BCUT2D eigenvalue weighted by molar-refractivity contribution is 7.19. The fourth-order valence-electron chi connectivity index (χ4n) is 5.63. The number of carbonyl (C=O) groups is 1. The molecule has 1 amide bonds. The maximum atomic E-state index is 11.7. The first-order valence-corrected chi connectivity index (χ1v) is 13.3. The van der Waals surface area contributed by atoms with E-state index in [1.54, 1.807) is 18.4 Å². The van der Waals surface area contributed by atoms with Gasteiger partial charge in [-0.3, -0.25) is 4.79 Å². The summed E-state index contributed by atoms with van der Waals surface area (Å²) in [6, 6.07) is 4.05. The lowest BCUT2D eigenvalue weighted by molar-refractivity contribution is -0.140. The van der Waals surface area contributed by atoms with E-state index in [0.29, 0.717) is 18.4 Å². The van der Waals surface area contributed by atoms with Gasteiger partial charge in [0, 0.05) is 44.7 Å². The molecule has 35 heavy (non-hydrogen) atoms. The Morgan fingerprint density at radius 1 is 1.17 bits per heavy atom. The van der Waals surface area contributed by atoms with Gasteiger partial charge >= 0.3 is 0 Å². The third-order valence-electron chi connectivity index (χ3n) is 7.54. The summed E-state index contributed by atoms with van der Waals surface area (Å²) in [5.41, 5.74) is 3.42. The van der Waals surface area contributed by atoms with Gasteiger partial charge in [0.2, 0.25) is 12.4 Å². The van der Waals surface area contributed by atoms with Gasteiger partial charge in [-0.05, 0) is 36.5 Å². The number of likely N-dealkylation sites (tertiary alicyclic amines) is 1. The lowest BCUT2D eigenvalue weighted by Gasteiger charge is -2.45. The monoisotopic (exact) mass is 493 g/mol. The summed E-state index contributed by atoms with van der Waals surface area (Å²) in [7, 11) is 1.73. The minimum absolute atomic E-state index is 0.0253. The maximum Gasteiger partial charge on any atom is 0.228 e. The Labute approximate surface area is 208 Å². The summed E-state index contributed by atoms with van der Waals surface area (Å²) < 4.78 is 6.76. The zero-order valence-corrected chi connectivity index (χ0v) is 20.8. The first kappa shape index (κ1) is 22.6. The number of fused-ring (bicyclic) bond motifs is 1. The Bertz CT molecular complexity index is 1190. The van der Waals surface area contributed by atoms with Crippen LogP contribution < -0.4 is 15.5 Å². The molecule has 3 aromatic rings. The molecule has 0 spiro atoms. The van der Waals surface area contributed by atoms with Crippen LogP contribution in [0, 0.1) is 0 Å². The summed E-state index contributed by atoms with van der Waals surface area (Å²) in [6.45, 7) is 4.61. The van der Waals surface area contributed by atoms with Gasteiger partial charge in [0.05, 0.1) is 34.3 Å². The molecule has 2 aliphatic heterocycles. The molecule has 2 saturated heterocycles. The number of rotatable bonds is 7. The van der Waals surface area contributed by atoms with E-state index in [2.05, 4.69) is 31.6 Å². The molecule has 6 rings (SSSR count). The molecule has 2 atom stereocenters. The number of aromatic nitrogens is 3. The van der Waals surface area contributed by atoms with E-state index in [0.717, 1.165) is 67.2 Å². The average molecular weight is 494 g/mol. The molecule has 10 heteroatoms. The van der Waals surface area contributed by atoms with Crippen LogP contribution in [0.5, 0.6) is 0 Å². The number of hydrogen-bond donors (Lipinski definition) is 2. The third-order valence-corrected chi connectivity index (χ3v) is 8.74. The Balaban J connectivity index is 1.31. The predicted molar refractivity (Wildman–Crippen MR) is 138 cm³/mol. The number of anilines is 3. The van der Waals surface area contributed by atoms with Gasteiger partial charge < -0.3 is 25.2 Å². The molecule has 9 nitrogen and oxygen atoms in total. The van der Waals surface area contributed by atoms with E-state index >= 15 is 0 Å². The van der Waals surface area contributed by atoms with Crippen molar-refractivity contribution in [1.29, 1.82) is 0 Å². The van der Waals surface area contributed by atoms with Crippen molar-refractivity contribution < 1.29 is 9.53 Å². The second-order valence-electron chi connectivity index (χ2n) is 9.55. The van der Waals surface area contributed by atoms with Gasteiger partial charge in [0.1, 0.15) is 11.9 Å². The van der Waals surface area contributed by atoms with Crippen LogP contribution in [-0.4, -0.2) is 72.2 Å². The Kier molecular flexibility index (Phi) is 6.26. The van der Waals surface area contributed by atoms with Crippen LogP contribution in [-0.2, 0) is 9.53 Å². The van der Waals surface area contributed by atoms with Gasteiger partial charge in [-0.2, -0.15) is 0 Å². The van der Waals surface area contributed by atoms with Crippen molar-refractivity contribution in [2.24, 2.45) is 0 Å². The Morgan fingerprint density at radius 3 is 2.71 bits per heavy atom. The van der Waals surface area contributed by atoms with E-state index in [1.807, 2.05) is 23.4 Å². The molecule has 3 aliphatic rings. The number of thiophene rings is 1. The molecule has 1 aliphatic carbocycles. The fraction of sp³-hybridized carbons (Fsp3) is 0.520. The highest BCUT2D eigenvalue weighted by atomic mass is 32.1. The van der Waals surface area contributed by atoms with Crippen molar-refractivity contribution in [2.75, 3.05) is 50.1 Å². The molecular weight excluding hydrogens is 462 g/mol. The first-order valence-electron chi connectivity index (χ1n) is 12.5. The Morgan fingerprint density at radius 2 is 2.00 bits per heavy atom. The van der Waals surface area contributed by atoms with Crippen LogP contribution in [0.4, 0.5) is 17.5 Å². The normalized spacial score (nSPS) is 23.0. The van der Waals surface area contributed by atoms with Gasteiger partial charge in [0.15, 0.2) is 0 Å². The van der Waals surface area contributed by atoms with Gasteiger partial charge in [-0.15, -0.1) is 11.3 Å². The number of nitrogens with zero attached hydrogens (tertiary/aromatic N) is 5. The van der Waals surface area contributed by atoms with Crippen LogP contribution in [0.25, 0.3) is 10.2 Å². The van der Waals surface area contributed by atoms with E-state index in [-0.39, 0.29) is 12.1 Å². The second-order valence-corrected chi connectivity index (χ2v) is 10.6. The van der Waals surface area contributed by atoms with Crippen molar-refractivity contribution in [3.63, 3.8) is 0 Å². The smallest absolute Gasteiger partial charge is 0.228 e. The molecule has 0 aromatic carbocycles. The number of methoxy groups -OCH3 is 1. The second kappa shape index (κ2) is 9.67. The van der Waals surface area contributed by atoms with E-state index in [4.69, 9.17) is 9.72 Å². The number of ether oxygens (including phenoxy) is 1. The minimum Gasteiger partial charge on any atom is -0.377 e. The van der Waals surface area contributed by atoms with Gasteiger partial charge in [-0.1, -0.05) is 12.8 Å². The zero-order chi connectivity index (χ0) is 23.8. The number of nitrogens with one attached hydrogen (secondary N) is 2. The molecule has 2 N–H and O–H groups in total. The predicted octanol–water partition coefficient (Wildman–Crippen LogP) is 3.43. The average Bonchev–Trinajstić information content (AvgIpc) is 3.52. The number of hydrogen-bond acceptors (Lipinski definition) is 9. The standard InChI is InChI=1S/C25H31N7O2S/c1-34-18-14-32(15-33)23(18)24-21(16-4-2-3-5-16)22-19(35-24)13-28-25(30-22)29-20-7-6-17(12-27-20)31-10-8-26-9-11-31/h6-7,12-13,15-16,18,23,26H,2-5,8-11,14H2,1H3,(H,27,28,29,30). The third kappa shape index (κ3) is 4.23. The van der Waals surface area contributed by atoms with Gasteiger partial charge in [0.25, 0.3) is 0 Å². The molecule has 3 fully saturated rings. The van der Waals surface area contributed by atoms with Gasteiger partial charge in [-0.25, -0.2) is 15.0 Å². The number of piperazine rings is 1. The number of pyridine rings is 1. The minimum atomic E-state index is -0.0390. The molecule has 3 aromatic heterocycles. The lowest BCUT2D eigenvalue weighted by atomic mass is 9.89. The molecule has 184 valence electrons. The van der Waals surface area contributed by atoms with Crippen molar-refractivity contribution in [3.8, 4) is 0 Å². The summed E-state index contributed by atoms with van der Waals surface area (Å²) in [6.07, 6.45) is 9.56. The van der Waals surface area contributed by atoms with Crippen LogP contribution in [0.2, 0.25) is 0 Å². The van der Waals surface area contributed by atoms with E-state index in [9.17, 15) is 4.79 Å². The van der Waals surface area contributed by atoms with Crippen molar-refractivity contribution in [3.05, 3.63) is 35.0 Å². The highest BCUT2D eigenvalue weighted by Gasteiger charge is 2.43. The lowest BCUT2D eigenvalue weighted by Crippen LogP contribution is -2.53. The topological polar surface area (TPSA) is 95.5 Å². The first-order chi connectivity index (χ1) is 17.2. The van der Waals surface area contributed by atoms with E-state index < -0.39 is 0 Å². The summed E-state index contributed by atoms with van der Waals surface area (Å²) in [4.78, 5) is 31.3. The maximum absolute atomic E-state index is 11.7. The van der Waals surface area contributed by atoms with Crippen LogP contribution in [0.3, 0.4) is 0 Å². The fourth-order valence-corrected chi connectivity index (χ4v) is 7.01. The van der Waals surface area contributed by atoms with Crippen LogP contribution >= 0.6 is 11.3 Å². The highest BCUT2D eigenvalue weighted by Crippen LogP contribution is 2.49. The Hall–Kier alpha value is -2.82. The molecule has 5 heterocycles. The van der Waals surface area contributed by atoms with E-state index in [1.165, 1.54) is 23.3 Å². The summed E-state index contributed by atoms with van der Waals surface area (Å²) in [5.74, 6) is 1.74. The van der Waals surface area contributed by atoms with Crippen molar-refractivity contribution >= 4 is 45.4 Å². The molecule has 1 saturated carbocycles.